The Morgan fingerprint density at radius 1 is 0.935 bits per heavy atom. The molecule has 2 aromatic carbocycles. The molecule has 1 aliphatic heterocycles. The van der Waals surface area contributed by atoms with Gasteiger partial charge in [0.05, 0.1) is 17.5 Å². The van der Waals surface area contributed by atoms with E-state index in [0.29, 0.717) is 0 Å². The molecule has 1 aliphatic rings. The average Bonchev–Trinajstić information content (AvgIpc) is 3.05. The van der Waals surface area contributed by atoms with Gasteiger partial charge < -0.3 is 14.2 Å². The number of benzene rings is 2. The highest BCUT2D eigenvalue weighted by molar-refractivity contribution is 5.90. The third-order valence-electron chi connectivity index (χ3n) is 4.70. The number of ether oxygens (including phenoxy) is 4. The van der Waals surface area contributed by atoms with Gasteiger partial charge in [-0.05, 0) is 44.0 Å². The van der Waals surface area contributed by atoms with Gasteiger partial charge in [-0.25, -0.2) is 9.59 Å². The molecular weight excluding hydrogens is 400 g/mol. The van der Waals surface area contributed by atoms with Crippen molar-refractivity contribution in [3.8, 4) is 12.3 Å². The summed E-state index contributed by atoms with van der Waals surface area (Å²) >= 11 is 0. The summed E-state index contributed by atoms with van der Waals surface area (Å²) in [6.07, 6.45) is 3.23. The molecule has 160 valence electrons. The van der Waals surface area contributed by atoms with E-state index in [9.17, 15) is 14.4 Å². The second-order valence-electron chi connectivity index (χ2n) is 7.22. The van der Waals surface area contributed by atoms with Crippen LogP contribution >= 0.6 is 0 Å². The van der Waals surface area contributed by atoms with Gasteiger partial charge >= 0.3 is 23.7 Å². The molecule has 3 rings (SSSR count). The van der Waals surface area contributed by atoms with Crippen molar-refractivity contribution in [3.63, 3.8) is 0 Å². The van der Waals surface area contributed by atoms with Crippen molar-refractivity contribution < 1.29 is 33.3 Å². The van der Waals surface area contributed by atoms with Crippen molar-refractivity contribution in [3.05, 3.63) is 70.8 Å². The molecule has 7 heteroatoms. The summed E-state index contributed by atoms with van der Waals surface area (Å²) in [5.74, 6) is -1.84. The molecule has 1 heterocycles. The highest BCUT2D eigenvalue weighted by atomic mass is 16.8. The SMILES string of the molecule is C#C[C@]1(OC(=O)c2ccc(C)cc2)OC(OC(C)=O)C[C@@H]1OC(=O)c1ccc(C)cc1. The van der Waals surface area contributed by atoms with Gasteiger partial charge in [-0.15, -0.1) is 6.42 Å². The molecule has 0 aromatic heterocycles. The average molecular weight is 422 g/mol. The highest BCUT2D eigenvalue weighted by Crippen LogP contribution is 2.36. The van der Waals surface area contributed by atoms with Crippen molar-refractivity contribution >= 4 is 17.9 Å². The number of terminal acetylenes is 1. The Hall–Kier alpha value is -3.63. The molecule has 31 heavy (non-hydrogen) atoms. The maximum absolute atomic E-state index is 12.7. The van der Waals surface area contributed by atoms with Crippen molar-refractivity contribution in [2.45, 2.75) is 45.4 Å². The van der Waals surface area contributed by atoms with E-state index in [1.165, 1.54) is 6.92 Å². The molecule has 7 nitrogen and oxygen atoms in total. The molecular formula is C24H22O7. The van der Waals surface area contributed by atoms with Crippen LogP contribution in [0, 0.1) is 26.2 Å². The molecule has 2 aromatic rings. The summed E-state index contributed by atoms with van der Waals surface area (Å²) in [7, 11) is 0. The third kappa shape index (κ3) is 5.11. The number of carbonyl (C=O) groups excluding carboxylic acids is 3. The maximum atomic E-state index is 12.7. The summed E-state index contributed by atoms with van der Waals surface area (Å²) in [5.41, 5.74) is 2.46. The van der Waals surface area contributed by atoms with Crippen molar-refractivity contribution in [2.75, 3.05) is 0 Å². The number of carbonyl (C=O) groups is 3. The van der Waals surface area contributed by atoms with E-state index in [0.717, 1.165) is 11.1 Å². The maximum Gasteiger partial charge on any atom is 0.341 e. The number of rotatable bonds is 5. The lowest BCUT2D eigenvalue weighted by molar-refractivity contribution is -0.231. The molecule has 0 radical (unpaired) electrons. The van der Waals surface area contributed by atoms with E-state index in [4.69, 9.17) is 25.4 Å². The van der Waals surface area contributed by atoms with E-state index < -0.39 is 36.1 Å². The zero-order chi connectivity index (χ0) is 22.6. The molecule has 0 amide bonds. The first kappa shape index (κ1) is 22.1. The van der Waals surface area contributed by atoms with E-state index in [-0.39, 0.29) is 17.5 Å². The lowest BCUT2D eigenvalue weighted by Gasteiger charge is -2.28. The Kier molecular flexibility index (Phi) is 6.42. The Morgan fingerprint density at radius 3 is 1.94 bits per heavy atom. The van der Waals surface area contributed by atoms with Gasteiger partial charge in [0.2, 0.25) is 6.29 Å². The van der Waals surface area contributed by atoms with Crippen LogP contribution in [0.4, 0.5) is 0 Å². The molecule has 0 aliphatic carbocycles. The van der Waals surface area contributed by atoms with Gasteiger partial charge in [0.15, 0.2) is 6.10 Å². The minimum Gasteiger partial charge on any atom is -0.450 e. The van der Waals surface area contributed by atoms with Gasteiger partial charge in [-0.3, -0.25) is 9.53 Å². The van der Waals surface area contributed by atoms with Crippen LogP contribution in [0.2, 0.25) is 0 Å². The predicted molar refractivity (Wildman–Crippen MR) is 110 cm³/mol. The van der Waals surface area contributed by atoms with E-state index >= 15 is 0 Å². The number of hydrogen-bond donors (Lipinski definition) is 0. The second kappa shape index (κ2) is 9.02. The fraction of sp³-hybridized carbons (Fsp3) is 0.292. The first-order valence-electron chi connectivity index (χ1n) is 9.63. The molecule has 0 bridgehead atoms. The van der Waals surface area contributed by atoms with E-state index in [1.807, 2.05) is 13.8 Å². The Balaban J connectivity index is 1.85. The summed E-state index contributed by atoms with van der Waals surface area (Å²) in [5, 5.41) is 0. The summed E-state index contributed by atoms with van der Waals surface area (Å²) < 4.78 is 21.7. The van der Waals surface area contributed by atoms with Crippen LogP contribution in [-0.4, -0.2) is 36.1 Å². The zero-order valence-electron chi connectivity index (χ0n) is 17.4. The van der Waals surface area contributed by atoms with Gasteiger partial charge in [0.25, 0.3) is 0 Å². The Bertz CT molecular complexity index is 1020. The molecule has 0 saturated carbocycles. The number of hydrogen-bond acceptors (Lipinski definition) is 7. The van der Waals surface area contributed by atoms with Crippen LogP contribution in [0.15, 0.2) is 48.5 Å². The van der Waals surface area contributed by atoms with E-state index in [2.05, 4.69) is 5.92 Å². The molecule has 1 unspecified atom stereocenters. The first-order valence-corrected chi connectivity index (χ1v) is 9.63. The van der Waals surface area contributed by atoms with Crippen LogP contribution in [0.1, 0.15) is 45.2 Å². The summed E-state index contributed by atoms with van der Waals surface area (Å²) in [6, 6.07) is 13.4. The smallest absolute Gasteiger partial charge is 0.341 e. The van der Waals surface area contributed by atoms with Crippen LogP contribution < -0.4 is 0 Å². The third-order valence-corrected chi connectivity index (χ3v) is 4.70. The van der Waals surface area contributed by atoms with Crippen molar-refractivity contribution in [1.29, 1.82) is 0 Å². The van der Waals surface area contributed by atoms with Crippen LogP contribution in [0.25, 0.3) is 0 Å². The van der Waals surface area contributed by atoms with Crippen molar-refractivity contribution in [2.24, 2.45) is 0 Å². The topological polar surface area (TPSA) is 88.1 Å². The monoisotopic (exact) mass is 422 g/mol. The van der Waals surface area contributed by atoms with Gasteiger partial charge in [-0.1, -0.05) is 35.4 Å². The van der Waals surface area contributed by atoms with Crippen LogP contribution in [0.5, 0.6) is 0 Å². The minimum atomic E-state index is -2.05. The van der Waals surface area contributed by atoms with Crippen molar-refractivity contribution in [1.82, 2.24) is 0 Å². The van der Waals surface area contributed by atoms with Crippen LogP contribution in [-0.2, 0) is 23.7 Å². The minimum absolute atomic E-state index is 0.0947. The lowest BCUT2D eigenvalue weighted by atomic mass is 10.1. The standard InChI is InChI=1S/C24H22O7/c1-5-24(31-23(27)19-12-8-16(3)9-13-19)20(14-21(30-24)28-17(4)25)29-22(26)18-10-6-15(2)7-11-18/h1,6-13,20-21H,14H2,2-4H3/t20-,21?,24+/m0/s1. The van der Waals surface area contributed by atoms with Crippen LogP contribution in [0.3, 0.4) is 0 Å². The summed E-state index contributed by atoms with van der Waals surface area (Å²) in [4.78, 5) is 36.7. The largest absolute Gasteiger partial charge is 0.450 e. The van der Waals surface area contributed by atoms with Gasteiger partial charge in [0, 0.05) is 6.92 Å². The zero-order valence-corrected chi connectivity index (χ0v) is 17.4. The fourth-order valence-electron chi connectivity index (χ4n) is 3.05. The summed E-state index contributed by atoms with van der Waals surface area (Å²) in [6.45, 7) is 4.96. The molecule has 1 saturated heterocycles. The van der Waals surface area contributed by atoms with Gasteiger partial charge in [0.1, 0.15) is 0 Å². The normalized spacial score (nSPS) is 22.3. The highest BCUT2D eigenvalue weighted by Gasteiger charge is 2.55. The predicted octanol–water partition coefficient (Wildman–Crippen LogP) is 3.32. The lowest BCUT2D eigenvalue weighted by Crippen LogP contribution is -2.45. The fourth-order valence-corrected chi connectivity index (χ4v) is 3.05. The number of aryl methyl sites for hydroxylation is 2. The van der Waals surface area contributed by atoms with Gasteiger partial charge in [-0.2, -0.15) is 0 Å². The molecule has 0 N–H and O–H groups in total. The van der Waals surface area contributed by atoms with E-state index in [1.54, 1.807) is 48.5 Å². The number of esters is 3. The Morgan fingerprint density at radius 2 is 1.45 bits per heavy atom. The molecule has 3 atom stereocenters. The first-order chi connectivity index (χ1) is 14.7. The Labute approximate surface area is 180 Å². The molecule has 0 spiro atoms. The second-order valence-corrected chi connectivity index (χ2v) is 7.22. The molecule has 1 fully saturated rings. The quantitative estimate of drug-likeness (QED) is 0.415.